The van der Waals surface area contributed by atoms with Gasteiger partial charge in [-0.2, -0.15) is 13.2 Å². The minimum absolute atomic E-state index is 0.141. The van der Waals surface area contributed by atoms with Crippen molar-refractivity contribution in [3.8, 4) is 0 Å². The smallest absolute Gasteiger partial charge is 0.381 e. The quantitative estimate of drug-likeness (QED) is 0.370. The molecule has 0 spiro atoms. The summed E-state index contributed by atoms with van der Waals surface area (Å²) < 4.78 is 41.4. The first-order valence-electron chi connectivity index (χ1n) is 7.60. The molecular weight excluding hydrogens is 283 g/mol. The molecule has 0 atom stereocenters. The molecule has 0 aromatic heterocycles. The summed E-state index contributed by atoms with van der Waals surface area (Å²) in [5, 5.41) is 6.12. The van der Waals surface area contributed by atoms with Gasteiger partial charge < -0.3 is 15.4 Å². The molecule has 0 saturated heterocycles. The zero-order valence-corrected chi connectivity index (χ0v) is 12.6. The average Bonchev–Trinajstić information content (AvgIpc) is 3.22. The molecule has 0 unspecified atom stereocenters. The van der Waals surface area contributed by atoms with E-state index in [9.17, 15) is 13.2 Å². The molecule has 1 rings (SSSR count). The lowest BCUT2D eigenvalue weighted by Gasteiger charge is -2.12. The van der Waals surface area contributed by atoms with Crippen LogP contribution in [0.15, 0.2) is 4.99 Å². The maximum Gasteiger partial charge on any atom is 0.389 e. The highest BCUT2D eigenvalue weighted by atomic mass is 19.4. The van der Waals surface area contributed by atoms with Gasteiger partial charge in [0.05, 0.1) is 0 Å². The highest BCUT2D eigenvalue weighted by Gasteiger charge is 2.25. The SMILES string of the molecule is CN=C(NCCCCC(F)(F)F)NCCCOCC1CC1. The lowest BCUT2D eigenvalue weighted by atomic mass is 10.2. The van der Waals surface area contributed by atoms with Crippen LogP contribution in [0.4, 0.5) is 13.2 Å². The molecule has 0 aliphatic heterocycles. The van der Waals surface area contributed by atoms with Crippen LogP contribution in [0.2, 0.25) is 0 Å². The molecule has 0 heterocycles. The topological polar surface area (TPSA) is 45.7 Å². The first-order chi connectivity index (χ1) is 10.0. The van der Waals surface area contributed by atoms with Crippen molar-refractivity contribution in [3.63, 3.8) is 0 Å². The van der Waals surface area contributed by atoms with Gasteiger partial charge in [-0.1, -0.05) is 0 Å². The van der Waals surface area contributed by atoms with Crippen molar-refractivity contribution in [2.24, 2.45) is 10.9 Å². The van der Waals surface area contributed by atoms with Crippen molar-refractivity contribution >= 4 is 5.96 Å². The Kier molecular flexibility index (Phi) is 8.49. The van der Waals surface area contributed by atoms with E-state index in [1.54, 1.807) is 7.05 Å². The Bertz CT molecular complexity index is 304. The molecule has 2 N–H and O–H groups in total. The van der Waals surface area contributed by atoms with Crippen molar-refractivity contribution in [2.75, 3.05) is 33.4 Å². The number of unbranched alkanes of at least 4 members (excludes halogenated alkanes) is 1. The van der Waals surface area contributed by atoms with Gasteiger partial charge in [-0.05, 0) is 38.0 Å². The second-order valence-corrected chi connectivity index (χ2v) is 5.37. The first-order valence-corrected chi connectivity index (χ1v) is 7.60. The zero-order chi connectivity index (χ0) is 15.6. The highest BCUT2D eigenvalue weighted by Crippen LogP contribution is 2.28. The summed E-state index contributed by atoms with van der Waals surface area (Å²) in [6.45, 7) is 2.83. The third-order valence-electron chi connectivity index (χ3n) is 3.21. The third-order valence-corrected chi connectivity index (χ3v) is 3.21. The molecule has 124 valence electrons. The second kappa shape index (κ2) is 9.87. The number of aliphatic imine (C=N–C) groups is 1. The van der Waals surface area contributed by atoms with E-state index in [0.717, 1.165) is 32.1 Å². The van der Waals surface area contributed by atoms with Gasteiger partial charge in [-0.3, -0.25) is 4.99 Å². The molecule has 0 aromatic rings. The van der Waals surface area contributed by atoms with E-state index in [1.165, 1.54) is 12.8 Å². The Hall–Kier alpha value is -0.980. The number of hydrogen-bond donors (Lipinski definition) is 2. The lowest BCUT2D eigenvalue weighted by molar-refractivity contribution is -0.135. The van der Waals surface area contributed by atoms with Crippen LogP contribution in [0.3, 0.4) is 0 Å². The minimum Gasteiger partial charge on any atom is -0.381 e. The molecule has 7 heteroatoms. The standard InChI is InChI=1S/C14H26F3N3O/c1-18-13(19-8-3-2-7-14(15,16)17)20-9-4-10-21-11-12-5-6-12/h12H,2-11H2,1H3,(H2,18,19,20). The molecule has 0 aromatic carbocycles. The maximum absolute atomic E-state index is 12.0. The summed E-state index contributed by atoms with van der Waals surface area (Å²) in [7, 11) is 1.65. The number of guanidine groups is 1. The predicted octanol–water partition coefficient (Wildman–Crippen LogP) is 2.70. The van der Waals surface area contributed by atoms with Crippen LogP contribution in [0, 0.1) is 5.92 Å². The van der Waals surface area contributed by atoms with E-state index in [2.05, 4.69) is 15.6 Å². The van der Waals surface area contributed by atoms with Crippen LogP contribution in [-0.2, 0) is 4.74 Å². The van der Waals surface area contributed by atoms with Gasteiger partial charge in [0.2, 0.25) is 0 Å². The molecule has 1 saturated carbocycles. The number of nitrogens with one attached hydrogen (secondary N) is 2. The third kappa shape index (κ3) is 11.4. The Balaban J connectivity index is 1.90. The van der Waals surface area contributed by atoms with Crippen molar-refractivity contribution in [1.82, 2.24) is 10.6 Å². The van der Waals surface area contributed by atoms with E-state index in [4.69, 9.17) is 4.74 Å². The van der Waals surface area contributed by atoms with Crippen LogP contribution < -0.4 is 10.6 Å². The average molecular weight is 309 g/mol. The van der Waals surface area contributed by atoms with E-state index in [1.807, 2.05) is 0 Å². The summed E-state index contributed by atoms with van der Waals surface area (Å²) in [5.74, 6) is 1.41. The van der Waals surface area contributed by atoms with Gasteiger partial charge in [0, 0.05) is 39.8 Å². The fourth-order valence-corrected chi connectivity index (χ4v) is 1.79. The van der Waals surface area contributed by atoms with Crippen molar-refractivity contribution in [3.05, 3.63) is 0 Å². The summed E-state index contributed by atoms with van der Waals surface area (Å²) in [6, 6.07) is 0. The summed E-state index contributed by atoms with van der Waals surface area (Å²) >= 11 is 0. The predicted molar refractivity (Wildman–Crippen MR) is 77.4 cm³/mol. The Morgan fingerprint density at radius 3 is 2.38 bits per heavy atom. The fraction of sp³-hybridized carbons (Fsp3) is 0.929. The van der Waals surface area contributed by atoms with Crippen LogP contribution in [0.5, 0.6) is 0 Å². The summed E-state index contributed by atoms with van der Waals surface area (Å²) in [4.78, 5) is 4.02. The van der Waals surface area contributed by atoms with Crippen molar-refractivity contribution in [1.29, 1.82) is 0 Å². The van der Waals surface area contributed by atoms with Gasteiger partial charge in [-0.15, -0.1) is 0 Å². The van der Waals surface area contributed by atoms with Gasteiger partial charge in [0.25, 0.3) is 0 Å². The molecular formula is C14H26F3N3O. The molecule has 1 aliphatic carbocycles. The van der Waals surface area contributed by atoms with E-state index < -0.39 is 12.6 Å². The molecule has 1 fully saturated rings. The number of nitrogens with zero attached hydrogens (tertiary/aromatic N) is 1. The maximum atomic E-state index is 12.0. The van der Waals surface area contributed by atoms with Gasteiger partial charge in [-0.25, -0.2) is 0 Å². The Morgan fingerprint density at radius 2 is 1.81 bits per heavy atom. The van der Waals surface area contributed by atoms with E-state index >= 15 is 0 Å². The molecule has 0 radical (unpaired) electrons. The molecule has 0 bridgehead atoms. The van der Waals surface area contributed by atoms with Gasteiger partial charge in [0.1, 0.15) is 0 Å². The first kappa shape index (κ1) is 18.1. The molecule has 1 aliphatic rings. The highest BCUT2D eigenvalue weighted by molar-refractivity contribution is 5.79. The van der Waals surface area contributed by atoms with Gasteiger partial charge >= 0.3 is 6.18 Å². The molecule has 4 nitrogen and oxygen atoms in total. The van der Waals surface area contributed by atoms with E-state index in [0.29, 0.717) is 18.9 Å². The number of ether oxygens (including phenoxy) is 1. The number of halogens is 3. The second-order valence-electron chi connectivity index (χ2n) is 5.37. The van der Waals surface area contributed by atoms with Gasteiger partial charge in [0.15, 0.2) is 5.96 Å². The zero-order valence-electron chi connectivity index (χ0n) is 12.6. The van der Waals surface area contributed by atoms with Crippen molar-refractivity contribution < 1.29 is 17.9 Å². The van der Waals surface area contributed by atoms with Crippen LogP contribution >= 0.6 is 0 Å². The van der Waals surface area contributed by atoms with Crippen LogP contribution in [0.1, 0.15) is 38.5 Å². The number of rotatable bonds is 10. The van der Waals surface area contributed by atoms with Crippen molar-refractivity contribution in [2.45, 2.75) is 44.7 Å². The summed E-state index contributed by atoms with van der Waals surface area (Å²) in [5.41, 5.74) is 0. The minimum atomic E-state index is -4.06. The number of hydrogen-bond acceptors (Lipinski definition) is 2. The normalized spacial score (nSPS) is 16.1. The lowest BCUT2D eigenvalue weighted by Crippen LogP contribution is -2.38. The largest absolute Gasteiger partial charge is 0.389 e. The van der Waals surface area contributed by atoms with E-state index in [-0.39, 0.29) is 6.42 Å². The monoisotopic (exact) mass is 309 g/mol. The van der Waals surface area contributed by atoms with Crippen LogP contribution in [-0.4, -0.2) is 45.5 Å². The number of alkyl halides is 3. The van der Waals surface area contributed by atoms with Crippen LogP contribution in [0.25, 0.3) is 0 Å². The Labute approximate surface area is 124 Å². The Morgan fingerprint density at radius 1 is 1.14 bits per heavy atom. The molecule has 21 heavy (non-hydrogen) atoms. The fourth-order valence-electron chi connectivity index (χ4n) is 1.79. The summed E-state index contributed by atoms with van der Waals surface area (Å²) in [6.07, 6.45) is -0.680. The molecule has 0 amide bonds.